The fourth-order valence-corrected chi connectivity index (χ4v) is 3.61. The Hall–Kier alpha value is -1.13. The standard InChI is InChI=1S/C15H14BrNOS/c16-14-9-13(10-19-14)15(18)17-7-5-11-3-1-2-4-12(11)6-8-17/h1-4,9-10H,5-8H2. The minimum absolute atomic E-state index is 0.148. The van der Waals surface area contributed by atoms with Gasteiger partial charge in [0.25, 0.3) is 5.91 Å². The van der Waals surface area contributed by atoms with E-state index in [1.165, 1.54) is 11.1 Å². The number of fused-ring (bicyclic) bond motifs is 1. The first-order chi connectivity index (χ1) is 9.24. The highest BCUT2D eigenvalue weighted by atomic mass is 79.9. The molecule has 2 heterocycles. The van der Waals surface area contributed by atoms with Gasteiger partial charge in [0.15, 0.2) is 0 Å². The van der Waals surface area contributed by atoms with E-state index in [4.69, 9.17) is 0 Å². The van der Waals surface area contributed by atoms with Crippen LogP contribution >= 0.6 is 27.3 Å². The molecule has 0 fully saturated rings. The van der Waals surface area contributed by atoms with Crippen molar-refractivity contribution in [1.29, 1.82) is 0 Å². The quantitative estimate of drug-likeness (QED) is 0.777. The Labute approximate surface area is 125 Å². The van der Waals surface area contributed by atoms with E-state index in [0.717, 1.165) is 35.3 Å². The normalized spacial score (nSPS) is 14.9. The third-order valence-corrected chi connectivity index (χ3v) is 5.03. The summed E-state index contributed by atoms with van der Waals surface area (Å²) >= 11 is 4.97. The first kappa shape index (κ1) is 12.9. The van der Waals surface area contributed by atoms with Crippen LogP contribution in [0.5, 0.6) is 0 Å². The number of carbonyl (C=O) groups excluding carboxylic acids is 1. The van der Waals surface area contributed by atoms with E-state index in [2.05, 4.69) is 40.2 Å². The second-order valence-electron chi connectivity index (χ2n) is 4.70. The van der Waals surface area contributed by atoms with Crippen LogP contribution in [-0.2, 0) is 12.8 Å². The molecule has 0 aliphatic carbocycles. The van der Waals surface area contributed by atoms with Crippen molar-refractivity contribution in [2.75, 3.05) is 13.1 Å². The van der Waals surface area contributed by atoms with Crippen molar-refractivity contribution in [3.05, 3.63) is 56.2 Å². The Bertz CT molecular complexity index is 581. The molecular weight excluding hydrogens is 322 g/mol. The van der Waals surface area contributed by atoms with Crippen molar-refractivity contribution >= 4 is 33.2 Å². The first-order valence-corrected chi connectivity index (χ1v) is 8.01. The summed E-state index contributed by atoms with van der Waals surface area (Å²) in [7, 11) is 0. The number of benzene rings is 1. The van der Waals surface area contributed by atoms with Crippen molar-refractivity contribution in [2.45, 2.75) is 12.8 Å². The summed E-state index contributed by atoms with van der Waals surface area (Å²) in [6.07, 6.45) is 1.90. The lowest BCUT2D eigenvalue weighted by molar-refractivity contribution is 0.0763. The van der Waals surface area contributed by atoms with Gasteiger partial charge in [0, 0.05) is 18.5 Å². The van der Waals surface area contributed by atoms with Gasteiger partial charge in [-0.15, -0.1) is 11.3 Å². The Morgan fingerprint density at radius 1 is 1.16 bits per heavy atom. The highest BCUT2D eigenvalue weighted by Gasteiger charge is 2.20. The van der Waals surface area contributed by atoms with Crippen LogP contribution in [0.2, 0.25) is 0 Å². The molecule has 0 bridgehead atoms. The van der Waals surface area contributed by atoms with Gasteiger partial charge in [-0.1, -0.05) is 24.3 Å². The molecule has 0 saturated carbocycles. The molecule has 0 saturated heterocycles. The zero-order chi connectivity index (χ0) is 13.2. The Balaban J connectivity index is 1.77. The van der Waals surface area contributed by atoms with E-state index in [1.807, 2.05) is 16.3 Å². The zero-order valence-electron chi connectivity index (χ0n) is 10.4. The van der Waals surface area contributed by atoms with E-state index in [1.54, 1.807) is 11.3 Å². The third kappa shape index (κ3) is 2.74. The summed E-state index contributed by atoms with van der Waals surface area (Å²) < 4.78 is 1.01. The van der Waals surface area contributed by atoms with Gasteiger partial charge in [0.05, 0.1) is 9.35 Å². The molecule has 4 heteroatoms. The molecule has 3 rings (SSSR count). The van der Waals surface area contributed by atoms with E-state index in [9.17, 15) is 4.79 Å². The van der Waals surface area contributed by atoms with E-state index < -0.39 is 0 Å². The van der Waals surface area contributed by atoms with Gasteiger partial charge in [-0.05, 0) is 46.0 Å². The van der Waals surface area contributed by atoms with Crippen LogP contribution in [0.3, 0.4) is 0 Å². The molecule has 19 heavy (non-hydrogen) atoms. The van der Waals surface area contributed by atoms with Crippen molar-refractivity contribution in [3.8, 4) is 0 Å². The van der Waals surface area contributed by atoms with Gasteiger partial charge in [-0.3, -0.25) is 4.79 Å². The SMILES string of the molecule is O=C(c1csc(Br)c1)N1CCc2ccccc2CC1. The van der Waals surface area contributed by atoms with Crippen LogP contribution in [0.15, 0.2) is 39.5 Å². The second-order valence-corrected chi connectivity index (χ2v) is 6.99. The number of nitrogens with zero attached hydrogens (tertiary/aromatic N) is 1. The lowest BCUT2D eigenvalue weighted by atomic mass is 10.0. The molecule has 1 amide bonds. The zero-order valence-corrected chi connectivity index (χ0v) is 12.8. The van der Waals surface area contributed by atoms with Crippen LogP contribution < -0.4 is 0 Å². The average molecular weight is 336 g/mol. The molecule has 0 radical (unpaired) electrons. The molecule has 0 unspecified atom stereocenters. The highest BCUT2D eigenvalue weighted by molar-refractivity contribution is 9.11. The smallest absolute Gasteiger partial charge is 0.254 e. The Morgan fingerprint density at radius 2 is 1.79 bits per heavy atom. The molecule has 0 atom stereocenters. The lowest BCUT2D eigenvalue weighted by Gasteiger charge is -2.19. The summed E-state index contributed by atoms with van der Waals surface area (Å²) in [6.45, 7) is 1.62. The summed E-state index contributed by atoms with van der Waals surface area (Å²) in [6, 6.07) is 10.4. The number of thiophene rings is 1. The van der Waals surface area contributed by atoms with Gasteiger partial charge in [-0.2, -0.15) is 0 Å². The van der Waals surface area contributed by atoms with Gasteiger partial charge in [0.2, 0.25) is 0 Å². The summed E-state index contributed by atoms with van der Waals surface area (Å²) in [4.78, 5) is 14.4. The van der Waals surface area contributed by atoms with Crippen LogP contribution in [0.25, 0.3) is 0 Å². The first-order valence-electron chi connectivity index (χ1n) is 6.34. The predicted octanol–water partition coefficient (Wildman–Crippen LogP) is 3.75. The molecule has 1 aromatic heterocycles. The summed E-state index contributed by atoms with van der Waals surface area (Å²) in [5.41, 5.74) is 3.55. The molecule has 1 aliphatic rings. The number of hydrogen-bond donors (Lipinski definition) is 0. The lowest BCUT2D eigenvalue weighted by Crippen LogP contribution is -2.33. The molecular formula is C15H14BrNOS. The van der Waals surface area contributed by atoms with Gasteiger partial charge in [0.1, 0.15) is 0 Å². The molecule has 1 aliphatic heterocycles. The fourth-order valence-electron chi connectivity index (χ4n) is 2.48. The number of amides is 1. The Kier molecular flexibility index (Phi) is 3.71. The van der Waals surface area contributed by atoms with Crippen LogP contribution in [-0.4, -0.2) is 23.9 Å². The molecule has 0 N–H and O–H groups in total. The molecule has 0 spiro atoms. The monoisotopic (exact) mass is 335 g/mol. The number of halogens is 1. The van der Waals surface area contributed by atoms with Crippen molar-refractivity contribution in [1.82, 2.24) is 4.90 Å². The van der Waals surface area contributed by atoms with E-state index in [0.29, 0.717) is 0 Å². The topological polar surface area (TPSA) is 20.3 Å². The maximum absolute atomic E-state index is 12.4. The van der Waals surface area contributed by atoms with Gasteiger partial charge >= 0.3 is 0 Å². The third-order valence-electron chi connectivity index (χ3n) is 3.52. The average Bonchev–Trinajstić information content (AvgIpc) is 2.74. The predicted molar refractivity (Wildman–Crippen MR) is 81.8 cm³/mol. The van der Waals surface area contributed by atoms with Gasteiger partial charge < -0.3 is 4.90 Å². The highest BCUT2D eigenvalue weighted by Crippen LogP contribution is 2.23. The number of hydrogen-bond acceptors (Lipinski definition) is 2. The van der Waals surface area contributed by atoms with E-state index >= 15 is 0 Å². The van der Waals surface area contributed by atoms with Crippen LogP contribution in [0.4, 0.5) is 0 Å². The van der Waals surface area contributed by atoms with Crippen molar-refractivity contribution < 1.29 is 4.79 Å². The maximum atomic E-state index is 12.4. The molecule has 98 valence electrons. The number of rotatable bonds is 1. The molecule has 1 aromatic carbocycles. The van der Waals surface area contributed by atoms with Crippen molar-refractivity contribution in [3.63, 3.8) is 0 Å². The molecule has 2 aromatic rings. The van der Waals surface area contributed by atoms with Crippen molar-refractivity contribution in [2.24, 2.45) is 0 Å². The fraction of sp³-hybridized carbons (Fsp3) is 0.267. The van der Waals surface area contributed by atoms with E-state index in [-0.39, 0.29) is 5.91 Å². The van der Waals surface area contributed by atoms with Gasteiger partial charge in [-0.25, -0.2) is 0 Å². The number of carbonyl (C=O) groups is 1. The Morgan fingerprint density at radius 3 is 2.32 bits per heavy atom. The van der Waals surface area contributed by atoms with Crippen LogP contribution in [0.1, 0.15) is 21.5 Å². The second kappa shape index (κ2) is 5.47. The summed E-state index contributed by atoms with van der Waals surface area (Å²) in [5, 5.41) is 1.92. The maximum Gasteiger partial charge on any atom is 0.254 e. The largest absolute Gasteiger partial charge is 0.338 e. The molecule has 2 nitrogen and oxygen atoms in total. The summed E-state index contributed by atoms with van der Waals surface area (Å²) in [5.74, 6) is 0.148. The minimum atomic E-state index is 0.148. The van der Waals surface area contributed by atoms with Crippen LogP contribution in [0, 0.1) is 0 Å². The minimum Gasteiger partial charge on any atom is -0.338 e.